The molecule has 1 heterocycles. The Balaban J connectivity index is 1.94. The Morgan fingerprint density at radius 1 is 1.35 bits per heavy atom. The van der Waals surface area contributed by atoms with E-state index in [0.717, 1.165) is 5.57 Å². The Morgan fingerprint density at radius 3 is 2.70 bits per heavy atom. The lowest BCUT2D eigenvalue weighted by atomic mass is 9.83. The predicted octanol–water partition coefficient (Wildman–Crippen LogP) is 1.92. The van der Waals surface area contributed by atoms with Gasteiger partial charge in [-0.2, -0.15) is 0 Å². The van der Waals surface area contributed by atoms with Gasteiger partial charge in [-0.15, -0.1) is 0 Å². The van der Waals surface area contributed by atoms with Crippen molar-refractivity contribution in [2.45, 2.75) is 44.5 Å². The molecule has 2 aliphatic carbocycles. The Kier molecular flexibility index (Phi) is 3.92. The van der Waals surface area contributed by atoms with Crippen LogP contribution >= 0.6 is 0 Å². The zero-order valence-corrected chi connectivity index (χ0v) is 13.3. The summed E-state index contributed by atoms with van der Waals surface area (Å²) < 4.78 is 11.1. The van der Waals surface area contributed by atoms with E-state index < -0.39 is 30.3 Å². The predicted molar refractivity (Wildman–Crippen MR) is 83.2 cm³/mol. The number of aliphatic hydroxyl groups is 1. The van der Waals surface area contributed by atoms with Crippen LogP contribution in [0.25, 0.3) is 0 Å². The molecule has 5 heteroatoms. The van der Waals surface area contributed by atoms with E-state index >= 15 is 0 Å². The molecule has 0 bridgehead atoms. The van der Waals surface area contributed by atoms with Crippen molar-refractivity contribution in [3.05, 3.63) is 36.5 Å². The van der Waals surface area contributed by atoms with E-state index in [-0.39, 0.29) is 17.8 Å². The highest BCUT2D eigenvalue weighted by Gasteiger charge is 2.55. The fourth-order valence-electron chi connectivity index (χ4n) is 4.16. The molecule has 6 unspecified atom stereocenters. The molecule has 124 valence electrons. The number of ether oxygens (including phenoxy) is 2. The molecule has 0 spiro atoms. The van der Waals surface area contributed by atoms with Gasteiger partial charge in [0.1, 0.15) is 12.2 Å². The number of carbonyl (C=O) groups is 2. The van der Waals surface area contributed by atoms with Gasteiger partial charge >= 0.3 is 11.9 Å². The van der Waals surface area contributed by atoms with Crippen molar-refractivity contribution in [2.24, 2.45) is 17.8 Å². The summed E-state index contributed by atoms with van der Waals surface area (Å²) in [6.07, 6.45) is 0.260. The van der Waals surface area contributed by atoms with Gasteiger partial charge in [-0.3, -0.25) is 0 Å². The molecule has 2 saturated carbocycles. The molecule has 1 saturated heterocycles. The quantitative estimate of drug-likeness (QED) is 0.478. The summed E-state index contributed by atoms with van der Waals surface area (Å²) >= 11 is 0. The minimum Gasteiger partial charge on any atom is -0.458 e. The number of aliphatic hydroxyl groups excluding tert-OH is 1. The molecule has 0 aromatic carbocycles. The van der Waals surface area contributed by atoms with E-state index in [1.54, 1.807) is 6.92 Å². The lowest BCUT2D eigenvalue weighted by Gasteiger charge is -2.27. The van der Waals surface area contributed by atoms with Crippen LogP contribution in [-0.2, 0) is 19.1 Å². The molecule has 3 rings (SSSR count). The van der Waals surface area contributed by atoms with Crippen LogP contribution in [0.1, 0.15) is 26.2 Å². The Labute approximate surface area is 135 Å². The highest BCUT2D eigenvalue weighted by molar-refractivity contribution is 5.91. The van der Waals surface area contributed by atoms with Crippen LogP contribution in [0.2, 0.25) is 0 Å². The zero-order valence-electron chi connectivity index (χ0n) is 13.3. The van der Waals surface area contributed by atoms with E-state index in [2.05, 4.69) is 19.7 Å². The van der Waals surface area contributed by atoms with Gasteiger partial charge in [0, 0.05) is 23.5 Å². The van der Waals surface area contributed by atoms with Crippen molar-refractivity contribution < 1.29 is 24.2 Å². The van der Waals surface area contributed by atoms with Gasteiger partial charge < -0.3 is 14.6 Å². The minimum absolute atomic E-state index is 0.000713. The molecule has 6 atom stereocenters. The first-order chi connectivity index (χ1) is 10.8. The maximum atomic E-state index is 12.0. The van der Waals surface area contributed by atoms with Crippen molar-refractivity contribution in [1.29, 1.82) is 0 Å². The summed E-state index contributed by atoms with van der Waals surface area (Å²) in [6.45, 7) is 13.2. The third-order valence-corrected chi connectivity index (χ3v) is 5.27. The van der Waals surface area contributed by atoms with Gasteiger partial charge in [-0.05, 0) is 25.7 Å². The van der Waals surface area contributed by atoms with E-state index in [1.807, 2.05) is 0 Å². The lowest BCUT2D eigenvalue weighted by molar-refractivity contribution is -0.148. The second-order valence-corrected chi connectivity index (χ2v) is 6.90. The second kappa shape index (κ2) is 5.64. The van der Waals surface area contributed by atoms with E-state index in [4.69, 9.17) is 9.47 Å². The maximum absolute atomic E-state index is 12.0. The van der Waals surface area contributed by atoms with Crippen LogP contribution in [-0.4, -0.2) is 35.4 Å². The van der Waals surface area contributed by atoms with Crippen molar-refractivity contribution >= 4 is 11.9 Å². The SMILES string of the molecule is C=C(C)C(=O)OC1CC(=C)C2CC(O)CC2C2OC(=O)C(=C)C12. The standard InChI is InChI=1S/C18H22O5/c1-8(2)17(20)22-14-5-9(3)12-6-11(19)7-13(12)16-15(14)10(4)18(21)23-16/h11-16,19H,1,3-7H2,2H3. The second-order valence-electron chi connectivity index (χ2n) is 6.90. The normalized spacial score (nSPS) is 39.3. The third kappa shape index (κ3) is 2.63. The van der Waals surface area contributed by atoms with Gasteiger partial charge in [-0.1, -0.05) is 25.3 Å². The highest BCUT2D eigenvalue weighted by atomic mass is 16.6. The van der Waals surface area contributed by atoms with Crippen molar-refractivity contribution in [3.63, 3.8) is 0 Å². The first kappa shape index (κ1) is 16.0. The largest absolute Gasteiger partial charge is 0.458 e. The fourth-order valence-corrected chi connectivity index (χ4v) is 4.16. The Bertz CT molecular complexity index is 605. The maximum Gasteiger partial charge on any atom is 0.334 e. The summed E-state index contributed by atoms with van der Waals surface area (Å²) in [5.74, 6) is -1.24. The van der Waals surface area contributed by atoms with Crippen LogP contribution in [0.4, 0.5) is 0 Å². The van der Waals surface area contributed by atoms with Gasteiger partial charge in [0.2, 0.25) is 0 Å². The van der Waals surface area contributed by atoms with Gasteiger partial charge in [0.05, 0.1) is 12.0 Å². The molecule has 0 aromatic rings. The third-order valence-electron chi connectivity index (χ3n) is 5.27. The van der Waals surface area contributed by atoms with Crippen LogP contribution in [0.5, 0.6) is 0 Å². The zero-order chi connectivity index (χ0) is 16.9. The van der Waals surface area contributed by atoms with Crippen molar-refractivity contribution in [1.82, 2.24) is 0 Å². The van der Waals surface area contributed by atoms with Crippen molar-refractivity contribution in [2.75, 3.05) is 0 Å². The molecule has 23 heavy (non-hydrogen) atoms. The first-order valence-electron chi connectivity index (χ1n) is 7.91. The molecule has 5 nitrogen and oxygen atoms in total. The molecule has 0 amide bonds. The molecule has 0 radical (unpaired) electrons. The van der Waals surface area contributed by atoms with Crippen LogP contribution in [0.15, 0.2) is 36.5 Å². The molecule has 3 aliphatic rings. The highest BCUT2D eigenvalue weighted by Crippen LogP contribution is 2.50. The number of fused-ring (bicyclic) bond motifs is 3. The van der Waals surface area contributed by atoms with Gasteiger partial charge in [-0.25, -0.2) is 9.59 Å². The molecular weight excluding hydrogens is 296 g/mol. The number of hydrogen-bond acceptors (Lipinski definition) is 5. The molecule has 1 aliphatic heterocycles. The number of carbonyl (C=O) groups excluding carboxylic acids is 2. The summed E-state index contributed by atoms with van der Waals surface area (Å²) in [6, 6.07) is 0. The van der Waals surface area contributed by atoms with Crippen LogP contribution in [0.3, 0.4) is 0 Å². The average Bonchev–Trinajstić information content (AvgIpc) is 2.96. The lowest BCUT2D eigenvalue weighted by Crippen LogP contribution is -2.35. The van der Waals surface area contributed by atoms with E-state index in [9.17, 15) is 14.7 Å². The molecule has 1 N–H and O–H groups in total. The Hall–Kier alpha value is -1.88. The number of hydrogen-bond donors (Lipinski definition) is 1. The number of rotatable bonds is 2. The summed E-state index contributed by atoms with van der Waals surface area (Å²) in [4.78, 5) is 24.0. The van der Waals surface area contributed by atoms with Crippen molar-refractivity contribution in [3.8, 4) is 0 Å². The van der Waals surface area contributed by atoms with Gasteiger partial charge in [0.15, 0.2) is 0 Å². The molecule has 3 fully saturated rings. The Morgan fingerprint density at radius 2 is 2.04 bits per heavy atom. The minimum atomic E-state index is -0.529. The van der Waals surface area contributed by atoms with E-state index in [0.29, 0.717) is 30.4 Å². The first-order valence-corrected chi connectivity index (χ1v) is 7.91. The molecule has 0 aromatic heterocycles. The number of esters is 2. The summed E-state index contributed by atoms with van der Waals surface area (Å²) in [7, 11) is 0. The van der Waals surface area contributed by atoms with E-state index in [1.165, 1.54) is 0 Å². The monoisotopic (exact) mass is 318 g/mol. The van der Waals surface area contributed by atoms with Crippen LogP contribution in [0, 0.1) is 17.8 Å². The average molecular weight is 318 g/mol. The summed E-state index contributed by atoms with van der Waals surface area (Å²) in [5, 5.41) is 10.0. The summed E-state index contributed by atoms with van der Waals surface area (Å²) in [5.41, 5.74) is 1.58. The fraction of sp³-hybridized carbons (Fsp3) is 0.556. The van der Waals surface area contributed by atoms with Gasteiger partial charge in [0.25, 0.3) is 0 Å². The smallest absolute Gasteiger partial charge is 0.334 e. The van der Waals surface area contributed by atoms with Crippen LogP contribution < -0.4 is 0 Å². The topological polar surface area (TPSA) is 72.8 Å². The molecular formula is C18H22O5.